The first kappa shape index (κ1) is 51.7. The fourth-order valence-electron chi connectivity index (χ4n) is 9.29. The summed E-state index contributed by atoms with van der Waals surface area (Å²) in [5.74, 6) is 1.39. The molecule has 0 spiro atoms. The van der Waals surface area contributed by atoms with Gasteiger partial charge in [0, 0.05) is 6.07 Å². The molecule has 16 heteroatoms. The zero-order chi connectivity index (χ0) is 52.0. The zero-order valence-corrected chi connectivity index (χ0v) is 43.0. The number of halogens is 3. The molecule has 0 atom stereocenters. The number of hydrogen-bond donors (Lipinski definition) is 0. The third kappa shape index (κ3) is 9.45. The first-order chi connectivity index (χ1) is 34.0. The summed E-state index contributed by atoms with van der Waals surface area (Å²) in [5.41, 5.74) is 3.57. The van der Waals surface area contributed by atoms with Crippen LogP contribution in [0.3, 0.4) is 0 Å². The molecule has 0 bridgehead atoms. The largest absolute Gasteiger partial charge is 0.741 e. The first-order valence-electron chi connectivity index (χ1n) is 22.2. The predicted octanol–water partition coefficient (Wildman–Crippen LogP) is 12.1. The first-order valence-corrected chi connectivity index (χ1v) is 27.8. The molecular formula is C56H47F3O9S4. The lowest BCUT2D eigenvalue weighted by molar-refractivity contribution is -0.0517. The average molecular weight is 1050 g/mol. The van der Waals surface area contributed by atoms with Crippen molar-refractivity contribution < 1.29 is 52.5 Å². The number of fused-ring (bicyclic) bond motifs is 3. The van der Waals surface area contributed by atoms with Crippen LogP contribution in [0.4, 0.5) is 13.2 Å². The summed E-state index contributed by atoms with van der Waals surface area (Å²) in [6, 6.07) is 56.5. The highest BCUT2D eigenvalue weighted by Gasteiger charge is 2.47. The van der Waals surface area contributed by atoms with Gasteiger partial charge < -0.3 is 14.0 Å². The predicted molar refractivity (Wildman–Crippen MR) is 270 cm³/mol. The van der Waals surface area contributed by atoms with Crippen LogP contribution in [0.25, 0.3) is 11.1 Å². The summed E-state index contributed by atoms with van der Waals surface area (Å²) >= 11 is 0. The second kappa shape index (κ2) is 19.7. The van der Waals surface area contributed by atoms with E-state index in [0.717, 1.165) is 64.9 Å². The van der Waals surface area contributed by atoms with E-state index in [1.54, 1.807) is 50.6 Å². The number of alkyl halides is 3. The van der Waals surface area contributed by atoms with Gasteiger partial charge in [0.15, 0.2) is 25.7 Å². The van der Waals surface area contributed by atoms with Crippen LogP contribution in [0.1, 0.15) is 44.5 Å². The molecule has 72 heavy (non-hydrogen) atoms. The molecule has 0 aromatic heterocycles. The summed E-state index contributed by atoms with van der Waals surface area (Å²) in [7, 11) is -11.4. The van der Waals surface area contributed by atoms with Crippen LogP contribution in [0, 0.1) is 27.7 Å². The highest BCUT2D eigenvalue weighted by atomic mass is 32.2. The Labute approximate surface area is 420 Å². The Bertz CT molecular complexity index is 3520. The standard InChI is InChI=1S/C55H47O6S3.CHF3O3S/c1-36-15-31-53(38(3)33-36)63(56,57)45-26-22-43(23-27-45)62(44-24-28-46(29-25-44)64(58,59)54-32-16-37(2)34-39(54)4)52-35-41(19-30-51(52)61-6)55(40-17-20-42(60-5)21-18-40)49-13-9-7-11-47(49)48-12-8-10-14-50(48)55;2-1(3,4)8(5,6)7/h7-35H,1-6H3;(H,5,6,7)/q+1;/p-1. The topological polar surface area (TPSA) is 144 Å². The van der Waals surface area contributed by atoms with Crippen LogP contribution >= 0.6 is 0 Å². The van der Waals surface area contributed by atoms with Crippen molar-refractivity contribution in [3.63, 3.8) is 0 Å². The van der Waals surface area contributed by atoms with Gasteiger partial charge in [0.25, 0.3) is 0 Å². The maximum absolute atomic E-state index is 14.1. The molecule has 1 aliphatic rings. The SMILES string of the molecule is COc1ccc(C2(c3ccc(OC)c([S+](c4ccc(S(=O)(=O)c5ccc(C)cc5C)cc4)c4ccc(S(=O)(=O)c5ccc(C)cc5C)cc4)c3)c3ccccc3-c3ccccc32)cc1.O=S(=O)([O-])C(F)(F)F. The minimum atomic E-state index is -6.09. The molecule has 8 aromatic carbocycles. The fraction of sp³-hybridized carbons (Fsp3) is 0.143. The van der Waals surface area contributed by atoms with Crippen LogP contribution in [0.2, 0.25) is 0 Å². The Morgan fingerprint density at radius 2 is 0.917 bits per heavy atom. The average Bonchev–Trinajstić information content (AvgIpc) is 3.65. The zero-order valence-electron chi connectivity index (χ0n) is 39.7. The van der Waals surface area contributed by atoms with Crippen molar-refractivity contribution in [2.24, 2.45) is 0 Å². The molecule has 0 heterocycles. The van der Waals surface area contributed by atoms with Crippen LogP contribution in [0.5, 0.6) is 11.5 Å². The van der Waals surface area contributed by atoms with Gasteiger partial charge in [0.2, 0.25) is 24.6 Å². The van der Waals surface area contributed by atoms with E-state index in [1.165, 1.54) is 0 Å². The van der Waals surface area contributed by atoms with E-state index in [0.29, 0.717) is 16.9 Å². The van der Waals surface area contributed by atoms with Crippen molar-refractivity contribution in [1.82, 2.24) is 0 Å². The van der Waals surface area contributed by atoms with Gasteiger partial charge in [-0.2, -0.15) is 13.2 Å². The third-order valence-electron chi connectivity index (χ3n) is 12.6. The Kier molecular flexibility index (Phi) is 14.2. The molecule has 370 valence electrons. The molecule has 0 N–H and O–H groups in total. The van der Waals surface area contributed by atoms with E-state index >= 15 is 0 Å². The molecule has 0 unspecified atom stereocenters. The maximum atomic E-state index is 14.1. The van der Waals surface area contributed by atoms with E-state index in [-0.39, 0.29) is 19.6 Å². The summed E-state index contributed by atoms with van der Waals surface area (Å²) < 4.78 is 127. The van der Waals surface area contributed by atoms with Crippen LogP contribution in [0.15, 0.2) is 210 Å². The normalized spacial score (nSPS) is 13.2. The van der Waals surface area contributed by atoms with Gasteiger partial charge in [-0.1, -0.05) is 102 Å². The van der Waals surface area contributed by atoms with Gasteiger partial charge in [-0.25, -0.2) is 25.3 Å². The monoisotopic (exact) mass is 1050 g/mol. The Hall–Kier alpha value is -6.69. The third-order valence-corrected chi connectivity index (χ3v) is 19.2. The second-order valence-electron chi connectivity index (χ2n) is 17.1. The highest BCUT2D eigenvalue weighted by molar-refractivity contribution is 7.97. The van der Waals surface area contributed by atoms with Crippen molar-refractivity contribution in [1.29, 1.82) is 0 Å². The van der Waals surface area contributed by atoms with Gasteiger partial charge in [0.05, 0.1) is 39.2 Å². The van der Waals surface area contributed by atoms with Gasteiger partial charge in [-0.3, -0.25) is 0 Å². The van der Waals surface area contributed by atoms with Crippen LogP contribution < -0.4 is 9.47 Å². The number of methoxy groups -OCH3 is 2. The minimum Gasteiger partial charge on any atom is -0.741 e. The number of rotatable bonds is 11. The quantitative estimate of drug-likeness (QED) is 0.0702. The van der Waals surface area contributed by atoms with E-state index in [2.05, 4.69) is 72.8 Å². The molecule has 0 saturated carbocycles. The molecule has 0 fully saturated rings. The van der Waals surface area contributed by atoms with Crippen LogP contribution in [-0.2, 0) is 46.1 Å². The van der Waals surface area contributed by atoms with Gasteiger partial charge in [-0.15, -0.1) is 0 Å². The van der Waals surface area contributed by atoms with Gasteiger partial charge >= 0.3 is 5.51 Å². The molecule has 0 aliphatic heterocycles. The van der Waals surface area contributed by atoms with Crippen molar-refractivity contribution in [2.45, 2.75) is 72.9 Å². The lowest BCUT2D eigenvalue weighted by Crippen LogP contribution is -2.29. The molecule has 0 amide bonds. The molecule has 9 rings (SSSR count). The van der Waals surface area contributed by atoms with Crippen LogP contribution in [-0.4, -0.2) is 49.5 Å². The van der Waals surface area contributed by atoms with Gasteiger partial charge in [0.1, 0.15) is 16.6 Å². The van der Waals surface area contributed by atoms with Crippen molar-refractivity contribution in [2.75, 3.05) is 14.2 Å². The van der Waals surface area contributed by atoms with Crippen molar-refractivity contribution >= 4 is 40.7 Å². The van der Waals surface area contributed by atoms with E-state index in [9.17, 15) is 30.0 Å². The number of sulfone groups is 2. The summed E-state index contributed by atoms with van der Waals surface area (Å²) in [6.07, 6.45) is 0. The maximum Gasteiger partial charge on any atom is 0.485 e. The van der Waals surface area contributed by atoms with E-state index in [1.807, 2.05) is 94.4 Å². The second-order valence-corrected chi connectivity index (χ2v) is 24.3. The van der Waals surface area contributed by atoms with E-state index < -0.39 is 51.6 Å². The van der Waals surface area contributed by atoms with Crippen molar-refractivity contribution in [3.05, 3.63) is 220 Å². The molecule has 0 saturated heterocycles. The number of hydrogen-bond acceptors (Lipinski definition) is 9. The molecule has 1 aliphatic carbocycles. The Morgan fingerprint density at radius 1 is 0.500 bits per heavy atom. The lowest BCUT2D eigenvalue weighted by atomic mass is 9.67. The summed E-state index contributed by atoms with van der Waals surface area (Å²) in [4.78, 5) is 3.39. The molecule has 0 radical (unpaired) electrons. The number of aryl methyl sites for hydroxylation is 4. The molecular weight excluding hydrogens is 1000 g/mol. The highest BCUT2D eigenvalue weighted by Crippen LogP contribution is 2.57. The van der Waals surface area contributed by atoms with E-state index in [4.69, 9.17) is 22.4 Å². The Balaban J connectivity index is 0.000000800. The molecule has 9 nitrogen and oxygen atoms in total. The smallest absolute Gasteiger partial charge is 0.485 e. The van der Waals surface area contributed by atoms with Gasteiger partial charge in [-0.05, 0) is 151 Å². The molecule has 8 aromatic rings. The fourth-order valence-corrected chi connectivity index (χ4v) is 14.4. The Morgan fingerprint density at radius 3 is 1.31 bits per heavy atom. The minimum absolute atomic E-state index is 0.181. The van der Waals surface area contributed by atoms with Crippen molar-refractivity contribution in [3.8, 4) is 22.6 Å². The summed E-state index contributed by atoms with van der Waals surface area (Å²) in [6.45, 7) is 7.51. The summed E-state index contributed by atoms with van der Waals surface area (Å²) in [5, 5.41) is 0. The number of benzene rings is 8. The lowest BCUT2D eigenvalue weighted by Gasteiger charge is -2.34. The number of ether oxygens (including phenoxy) is 2.